The molecule has 0 N–H and O–H groups in total. The van der Waals surface area contributed by atoms with Gasteiger partial charge in [0.15, 0.2) is 0 Å². The third-order valence-electron chi connectivity index (χ3n) is 7.33. The fourth-order valence-corrected chi connectivity index (χ4v) is 16.5. The third kappa shape index (κ3) is 5.18. The Morgan fingerprint density at radius 1 is 0.325 bits per heavy atom. The van der Waals surface area contributed by atoms with Gasteiger partial charge in [0, 0.05) is 6.89 Å². The number of rotatable bonds is 7. The summed E-state index contributed by atoms with van der Waals surface area (Å²) in [6, 6.07) is 67.1. The molecule has 0 amide bonds. The van der Waals surface area contributed by atoms with Gasteiger partial charge in [0.2, 0.25) is 0 Å². The molecule has 0 fully saturated rings. The van der Waals surface area contributed by atoms with E-state index in [9.17, 15) is 0 Å². The van der Waals surface area contributed by atoms with Gasteiger partial charge in [-0.25, -0.2) is 0 Å². The van der Waals surface area contributed by atoms with Crippen molar-refractivity contribution in [2.75, 3.05) is 0 Å². The summed E-state index contributed by atoms with van der Waals surface area (Å²) in [7, 11) is -2.25. The van der Waals surface area contributed by atoms with E-state index in [0.29, 0.717) is 0 Å². The summed E-state index contributed by atoms with van der Waals surface area (Å²) in [5, 5.41) is 8.22. The van der Waals surface area contributed by atoms with Gasteiger partial charge in [-0.05, 0) is 52.3 Å². The lowest BCUT2D eigenvalue weighted by Crippen LogP contribution is -2.36. The molecule has 6 aromatic rings. The fraction of sp³-hybridized carbons (Fsp3) is 0. The van der Waals surface area contributed by atoms with Crippen molar-refractivity contribution in [1.82, 2.24) is 0 Å². The maximum absolute atomic E-state index is 2.82. The van der Waals surface area contributed by atoms with Crippen molar-refractivity contribution in [3.05, 3.63) is 182 Å². The van der Waals surface area contributed by atoms with Crippen molar-refractivity contribution in [2.45, 2.75) is 0 Å². The highest BCUT2D eigenvalue weighted by molar-refractivity contribution is 8.93. The molecule has 0 saturated carbocycles. The van der Waals surface area contributed by atoms with E-state index in [0.717, 1.165) is 0 Å². The van der Waals surface area contributed by atoms with Crippen LogP contribution in [-0.2, 0) is 0 Å². The first kappa shape index (κ1) is 28.1. The van der Waals surface area contributed by atoms with E-state index in [1.165, 1.54) is 31.8 Å². The molecule has 0 radical (unpaired) electrons. The molecule has 0 nitrogen and oxygen atoms in total. The Hall–Kier alpha value is -3.47. The van der Waals surface area contributed by atoms with Crippen LogP contribution in [0.2, 0.25) is 0 Å². The van der Waals surface area contributed by atoms with Crippen LogP contribution >= 0.6 is 31.1 Å². The second-order valence-electron chi connectivity index (χ2n) is 9.57. The molecular formula is C37H32BrP2+. The van der Waals surface area contributed by atoms with Gasteiger partial charge in [-0.2, -0.15) is 0 Å². The number of hydrogen-bond donors (Lipinski definition) is 0. The average molecular weight is 619 g/mol. The van der Waals surface area contributed by atoms with Gasteiger partial charge in [0.05, 0.1) is 5.54 Å². The van der Waals surface area contributed by atoms with Crippen LogP contribution in [0.25, 0.3) is 0 Å². The summed E-state index contributed by atoms with van der Waals surface area (Å²) in [6.07, 6.45) is 0. The minimum absolute atomic E-state index is 0. The molecule has 0 atom stereocenters. The van der Waals surface area contributed by atoms with Gasteiger partial charge in [-0.3, -0.25) is 0 Å². The van der Waals surface area contributed by atoms with Gasteiger partial charge in [-0.15, -0.1) is 17.0 Å². The first-order chi connectivity index (χ1) is 19.3. The number of benzene rings is 6. The monoisotopic (exact) mass is 617 g/mol. The molecule has 0 heterocycles. The van der Waals surface area contributed by atoms with Crippen LogP contribution in [0, 0.1) is 0 Å². The van der Waals surface area contributed by atoms with Crippen LogP contribution in [0.15, 0.2) is 182 Å². The Morgan fingerprint density at radius 3 is 0.800 bits per heavy atom. The lowest BCUT2D eigenvalue weighted by Gasteiger charge is -2.33. The summed E-state index contributed by atoms with van der Waals surface area (Å²) in [6.45, 7) is -2.25. The van der Waals surface area contributed by atoms with Crippen molar-refractivity contribution in [3.63, 3.8) is 0 Å². The fourth-order valence-electron chi connectivity index (χ4n) is 5.53. The molecule has 6 rings (SSSR count). The van der Waals surface area contributed by atoms with Crippen molar-refractivity contribution >= 4 is 68.5 Å². The highest BCUT2D eigenvalue weighted by atomic mass is 79.9. The van der Waals surface area contributed by atoms with Crippen LogP contribution in [-0.4, -0.2) is 5.54 Å². The van der Waals surface area contributed by atoms with Gasteiger partial charge in [-0.1, -0.05) is 146 Å². The molecule has 0 spiro atoms. The maximum atomic E-state index is 2.82. The lowest BCUT2D eigenvalue weighted by molar-refractivity contribution is 1.73. The predicted octanol–water partition coefficient (Wildman–Crippen LogP) is 7.31. The predicted molar refractivity (Wildman–Crippen MR) is 187 cm³/mol. The summed E-state index contributed by atoms with van der Waals surface area (Å²) in [4.78, 5) is 0. The zero-order valence-corrected chi connectivity index (χ0v) is 25.7. The van der Waals surface area contributed by atoms with Gasteiger partial charge < -0.3 is 0 Å². The quantitative estimate of drug-likeness (QED) is 0.165. The zero-order chi connectivity index (χ0) is 26.4. The molecule has 40 heavy (non-hydrogen) atoms. The SMILES string of the molecule is Br.C(=P(c1ccccc1)(c1ccccc1)c1ccccc1)[P+](c1ccccc1)(c1ccccc1)c1ccccc1. The summed E-state index contributed by atoms with van der Waals surface area (Å²) < 4.78 is 0. The molecular weight excluding hydrogens is 586 g/mol. The van der Waals surface area contributed by atoms with E-state index in [1.807, 2.05) is 0 Å². The zero-order valence-electron chi connectivity index (χ0n) is 22.2. The molecule has 196 valence electrons. The highest BCUT2D eigenvalue weighted by Crippen LogP contribution is 2.60. The third-order valence-corrected chi connectivity index (χ3v) is 16.8. The molecule has 0 aromatic heterocycles. The van der Waals surface area contributed by atoms with Crippen molar-refractivity contribution in [1.29, 1.82) is 0 Å². The molecule has 0 unspecified atom stereocenters. The van der Waals surface area contributed by atoms with Gasteiger partial charge in [0.1, 0.15) is 23.2 Å². The largest absolute Gasteiger partial charge is 0.137 e. The van der Waals surface area contributed by atoms with Crippen LogP contribution in [0.1, 0.15) is 0 Å². The lowest BCUT2D eigenvalue weighted by atomic mass is 10.4. The van der Waals surface area contributed by atoms with E-state index >= 15 is 0 Å². The average Bonchev–Trinajstić information content (AvgIpc) is 3.04. The van der Waals surface area contributed by atoms with Crippen molar-refractivity contribution in [3.8, 4) is 0 Å². The van der Waals surface area contributed by atoms with Crippen LogP contribution in [0.4, 0.5) is 0 Å². The molecule has 0 aliphatic carbocycles. The van der Waals surface area contributed by atoms with Gasteiger partial charge >= 0.3 is 0 Å². The normalized spacial score (nSPS) is 11.3. The Labute approximate surface area is 249 Å². The summed E-state index contributed by atoms with van der Waals surface area (Å²) >= 11 is 0. The van der Waals surface area contributed by atoms with Crippen molar-refractivity contribution in [2.24, 2.45) is 0 Å². The Kier molecular flexibility index (Phi) is 8.98. The molecule has 6 aromatic carbocycles. The molecule has 3 heteroatoms. The smallest absolute Gasteiger partial charge is 0.114 e. The topological polar surface area (TPSA) is 0 Å². The molecule has 0 bridgehead atoms. The molecule has 0 aliphatic heterocycles. The maximum Gasteiger partial charge on any atom is 0.137 e. The van der Waals surface area contributed by atoms with E-state index in [1.54, 1.807) is 0 Å². The van der Waals surface area contributed by atoms with Crippen LogP contribution in [0.3, 0.4) is 0 Å². The second kappa shape index (κ2) is 12.8. The summed E-state index contributed by atoms with van der Waals surface area (Å²) in [5.41, 5.74) is 2.82. The van der Waals surface area contributed by atoms with Crippen LogP contribution < -0.4 is 31.8 Å². The van der Waals surface area contributed by atoms with E-state index < -0.39 is 14.1 Å². The summed E-state index contributed by atoms with van der Waals surface area (Å²) in [5.74, 6) is 0. The minimum atomic E-state index is -2.25. The Bertz CT molecular complexity index is 1470. The highest BCUT2D eigenvalue weighted by Gasteiger charge is 2.47. The minimum Gasteiger partial charge on any atom is -0.114 e. The number of hydrogen-bond acceptors (Lipinski definition) is 0. The number of halogens is 1. The molecule has 0 saturated heterocycles. The van der Waals surface area contributed by atoms with Gasteiger partial charge in [0.25, 0.3) is 0 Å². The van der Waals surface area contributed by atoms with E-state index in [2.05, 4.69) is 188 Å². The van der Waals surface area contributed by atoms with E-state index in [-0.39, 0.29) is 17.0 Å². The standard InChI is InChI=1S/C37H31P2.BrH/c1-7-19-32(20-8-1)38(33-21-9-2-10-22-33,34-23-11-3-12-24-34)31-39(35-25-13-4-14-26-35,36-27-15-5-16-28-36)37-29-17-6-18-30-37;/h1-31H;1H/q+1;. The first-order valence-corrected chi connectivity index (χ1v) is 17.0. The first-order valence-electron chi connectivity index (χ1n) is 13.3. The van der Waals surface area contributed by atoms with E-state index in [4.69, 9.17) is 0 Å². The Balaban J connectivity index is 0.00000323. The molecule has 0 aliphatic rings. The Morgan fingerprint density at radius 2 is 0.550 bits per heavy atom. The second-order valence-corrected chi connectivity index (χ2v) is 16.5. The van der Waals surface area contributed by atoms with Crippen LogP contribution in [0.5, 0.6) is 0 Å². The van der Waals surface area contributed by atoms with Crippen molar-refractivity contribution < 1.29 is 0 Å².